The van der Waals surface area contributed by atoms with Gasteiger partial charge in [-0.3, -0.25) is 4.79 Å². The molecule has 0 atom stereocenters. The Balaban J connectivity index is 2.82. The molecule has 0 heterocycles. The minimum atomic E-state index is -1.28. The first-order chi connectivity index (χ1) is 6.49. The number of benzene rings is 1. The van der Waals surface area contributed by atoms with Gasteiger partial charge in [0.15, 0.2) is 4.84 Å². The molecule has 0 saturated heterocycles. The van der Waals surface area contributed by atoms with Gasteiger partial charge in [0.05, 0.1) is 0 Å². The number of halogens is 4. The summed E-state index contributed by atoms with van der Waals surface area (Å²) in [4.78, 5) is 9.64. The molecule has 6 heteroatoms. The molecule has 0 aliphatic rings. The first-order valence-corrected chi connectivity index (χ1v) is 4.41. The molecule has 0 radical (unpaired) electrons. The second kappa shape index (κ2) is 4.57. The highest BCUT2D eigenvalue weighted by Gasteiger charge is 2.12. The van der Waals surface area contributed by atoms with E-state index in [1.807, 2.05) is 0 Å². The number of hydrogen-bond donors (Lipinski definition) is 1. The van der Waals surface area contributed by atoms with Gasteiger partial charge >= 0.3 is 0 Å². The molecule has 76 valence electrons. The molecule has 1 rings (SSSR count). The van der Waals surface area contributed by atoms with Gasteiger partial charge in [-0.15, -0.1) is 0 Å². The first-order valence-electron chi connectivity index (χ1n) is 3.54. The molecule has 0 spiro atoms. The smallest absolute Gasteiger partial charge is 0.257 e. The van der Waals surface area contributed by atoms with E-state index in [1.165, 1.54) is 0 Å². The number of alkyl halides is 2. The van der Waals surface area contributed by atoms with Crippen molar-refractivity contribution in [1.29, 1.82) is 0 Å². The molecule has 1 aromatic rings. The van der Waals surface area contributed by atoms with E-state index in [0.717, 1.165) is 12.1 Å². The number of carbonyl (C=O) groups excluding carboxylic acids is 1. The van der Waals surface area contributed by atoms with Crippen molar-refractivity contribution in [2.75, 3.05) is 5.32 Å². The van der Waals surface area contributed by atoms with Gasteiger partial charge in [-0.05, 0) is 12.1 Å². The lowest BCUT2D eigenvalue weighted by Crippen LogP contribution is -2.18. The van der Waals surface area contributed by atoms with Crippen molar-refractivity contribution in [2.45, 2.75) is 4.84 Å². The normalized spacial score (nSPS) is 10.4. The van der Waals surface area contributed by atoms with Crippen LogP contribution in [0.2, 0.25) is 0 Å². The van der Waals surface area contributed by atoms with E-state index in [2.05, 4.69) is 5.32 Å². The zero-order valence-corrected chi connectivity index (χ0v) is 8.24. The molecule has 1 N–H and O–H groups in total. The van der Waals surface area contributed by atoms with Gasteiger partial charge in [0, 0.05) is 11.8 Å². The Bertz CT molecular complexity index is 337. The van der Waals surface area contributed by atoms with Crippen LogP contribution in [0.5, 0.6) is 0 Å². The molecule has 0 unspecified atom stereocenters. The summed E-state index contributed by atoms with van der Waals surface area (Å²) in [6, 6.07) is 2.60. The fourth-order valence-corrected chi connectivity index (χ4v) is 0.932. The molecule has 1 aromatic carbocycles. The number of rotatable bonds is 2. The molecule has 14 heavy (non-hydrogen) atoms. The van der Waals surface area contributed by atoms with Gasteiger partial charge in [-0.2, -0.15) is 0 Å². The number of amides is 1. The molecule has 0 aliphatic heterocycles. The predicted octanol–water partition coefficient (Wildman–Crippen LogP) is 2.71. The van der Waals surface area contributed by atoms with Gasteiger partial charge in [-0.1, -0.05) is 23.2 Å². The fraction of sp³-hybridized carbons (Fsp3) is 0.125. The average molecular weight is 240 g/mol. The van der Waals surface area contributed by atoms with Gasteiger partial charge < -0.3 is 5.32 Å². The van der Waals surface area contributed by atoms with Crippen LogP contribution in [0.25, 0.3) is 0 Å². The SMILES string of the molecule is O=C(Nc1cc(F)cc(F)c1)C(Cl)Cl. The average Bonchev–Trinajstić information content (AvgIpc) is 2.01. The highest BCUT2D eigenvalue weighted by atomic mass is 35.5. The summed E-state index contributed by atoms with van der Waals surface area (Å²) in [5.74, 6) is -2.32. The van der Waals surface area contributed by atoms with Crippen LogP contribution in [-0.2, 0) is 4.79 Å². The van der Waals surface area contributed by atoms with Crippen molar-refractivity contribution in [1.82, 2.24) is 0 Å². The molecule has 1 amide bonds. The van der Waals surface area contributed by atoms with E-state index in [4.69, 9.17) is 23.2 Å². The van der Waals surface area contributed by atoms with Crippen LogP contribution in [0.1, 0.15) is 0 Å². The van der Waals surface area contributed by atoms with Crippen molar-refractivity contribution in [3.63, 3.8) is 0 Å². The minimum absolute atomic E-state index is 0.0289. The maximum Gasteiger partial charge on any atom is 0.257 e. The number of anilines is 1. The summed E-state index contributed by atoms with van der Waals surface area (Å²) < 4.78 is 25.2. The Morgan fingerprint density at radius 2 is 1.71 bits per heavy atom. The molecule has 2 nitrogen and oxygen atoms in total. The number of nitrogens with one attached hydrogen (secondary N) is 1. The van der Waals surface area contributed by atoms with E-state index in [1.54, 1.807) is 0 Å². The minimum Gasteiger partial charge on any atom is -0.324 e. The van der Waals surface area contributed by atoms with E-state index in [-0.39, 0.29) is 5.69 Å². The van der Waals surface area contributed by atoms with E-state index >= 15 is 0 Å². The van der Waals surface area contributed by atoms with Gasteiger partial charge in [0.25, 0.3) is 5.91 Å². The lowest BCUT2D eigenvalue weighted by atomic mass is 10.3. The van der Waals surface area contributed by atoms with Gasteiger partial charge in [-0.25, -0.2) is 8.78 Å². The van der Waals surface area contributed by atoms with Crippen LogP contribution in [-0.4, -0.2) is 10.7 Å². The van der Waals surface area contributed by atoms with Crippen LogP contribution < -0.4 is 5.32 Å². The summed E-state index contributed by atoms with van der Waals surface area (Å²) in [5, 5.41) is 2.14. The predicted molar refractivity (Wildman–Crippen MR) is 50.5 cm³/mol. The van der Waals surface area contributed by atoms with Crippen molar-refractivity contribution in [2.24, 2.45) is 0 Å². The molecule has 0 aromatic heterocycles. The number of hydrogen-bond acceptors (Lipinski definition) is 1. The largest absolute Gasteiger partial charge is 0.324 e. The third-order valence-corrected chi connectivity index (χ3v) is 1.72. The lowest BCUT2D eigenvalue weighted by Gasteiger charge is -2.05. The lowest BCUT2D eigenvalue weighted by molar-refractivity contribution is -0.114. The van der Waals surface area contributed by atoms with Crippen LogP contribution in [0, 0.1) is 11.6 Å². The molecule has 0 saturated carbocycles. The van der Waals surface area contributed by atoms with Crippen LogP contribution in [0.4, 0.5) is 14.5 Å². The van der Waals surface area contributed by atoms with E-state index < -0.39 is 22.4 Å². The van der Waals surface area contributed by atoms with Gasteiger partial charge in [0.1, 0.15) is 11.6 Å². The van der Waals surface area contributed by atoms with Crippen molar-refractivity contribution >= 4 is 34.8 Å². The highest BCUT2D eigenvalue weighted by molar-refractivity contribution is 6.54. The summed E-state index contributed by atoms with van der Waals surface area (Å²) in [6.45, 7) is 0. The monoisotopic (exact) mass is 239 g/mol. The molecule has 0 aliphatic carbocycles. The summed E-state index contributed by atoms with van der Waals surface area (Å²) in [5.41, 5.74) is -0.0289. The van der Waals surface area contributed by atoms with Crippen LogP contribution in [0.15, 0.2) is 18.2 Å². The maximum atomic E-state index is 12.6. The Morgan fingerprint density at radius 3 is 2.14 bits per heavy atom. The Morgan fingerprint density at radius 1 is 1.21 bits per heavy atom. The standard InChI is InChI=1S/C8H5Cl2F2NO/c9-7(10)8(14)13-6-2-4(11)1-5(12)3-6/h1-3,7H,(H,13,14). The van der Waals surface area contributed by atoms with Crippen molar-refractivity contribution < 1.29 is 13.6 Å². The third-order valence-electron chi connectivity index (χ3n) is 1.33. The molecule has 0 bridgehead atoms. The fourth-order valence-electron chi connectivity index (χ4n) is 0.823. The summed E-state index contributed by atoms with van der Waals surface area (Å²) in [6.07, 6.45) is 0. The number of carbonyl (C=O) groups is 1. The van der Waals surface area contributed by atoms with Crippen LogP contribution >= 0.6 is 23.2 Å². The third kappa shape index (κ3) is 3.12. The van der Waals surface area contributed by atoms with E-state index in [0.29, 0.717) is 6.07 Å². The zero-order chi connectivity index (χ0) is 10.7. The second-order valence-corrected chi connectivity index (χ2v) is 3.54. The topological polar surface area (TPSA) is 29.1 Å². The summed E-state index contributed by atoms with van der Waals surface area (Å²) in [7, 11) is 0. The van der Waals surface area contributed by atoms with Crippen molar-refractivity contribution in [3.05, 3.63) is 29.8 Å². The zero-order valence-electron chi connectivity index (χ0n) is 6.73. The van der Waals surface area contributed by atoms with Crippen LogP contribution in [0.3, 0.4) is 0 Å². The van der Waals surface area contributed by atoms with E-state index in [9.17, 15) is 13.6 Å². The molecular formula is C8H5Cl2F2NO. The second-order valence-electron chi connectivity index (χ2n) is 2.45. The molecular weight excluding hydrogens is 235 g/mol. The van der Waals surface area contributed by atoms with Crippen molar-refractivity contribution in [3.8, 4) is 0 Å². The van der Waals surface area contributed by atoms with Gasteiger partial charge in [0.2, 0.25) is 0 Å². The Labute approximate surface area is 88.8 Å². The maximum absolute atomic E-state index is 12.6. The quantitative estimate of drug-likeness (QED) is 0.791. The first kappa shape index (κ1) is 11.2. The molecule has 0 fully saturated rings. The Kier molecular flexibility index (Phi) is 3.66. The Hall–Kier alpha value is -0.870. The highest BCUT2D eigenvalue weighted by Crippen LogP contribution is 2.14. The summed E-state index contributed by atoms with van der Waals surface area (Å²) >= 11 is 10.4.